The van der Waals surface area contributed by atoms with Crippen LogP contribution in [0.1, 0.15) is 19.4 Å². The Kier molecular flexibility index (Phi) is 5.81. The second kappa shape index (κ2) is 8.04. The van der Waals surface area contributed by atoms with E-state index in [-0.39, 0.29) is 11.5 Å². The molecule has 0 saturated carbocycles. The maximum atomic E-state index is 11.8. The van der Waals surface area contributed by atoms with Gasteiger partial charge in [-0.3, -0.25) is 4.79 Å². The number of hydrogen-bond acceptors (Lipinski definition) is 3. The van der Waals surface area contributed by atoms with Crippen LogP contribution in [0.4, 0.5) is 0 Å². The molecule has 3 N–H and O–H groups in total. The van der Waals surface area contributed by atoms with E-state index in [1.807, 2.05) is 44.3 Å². The topological polar surface area (TPSA) is 80.7 Å². The molecule has 0 fully saturated rings. The van der Waals surface area contributed by atoms with Gasteiger partial charge in [0.15, 0.2) is 0 Å². The average Bonchev–Trinajstić information content (AvgIpc) is 2.96. The lowest BCUT2D eigenvalue weighted by atomic mass is 10.1. The number of aromatic amines is 1. The Bertz CT molecular complexity index is 737. The van der Waals surface area contributed by atoms with Crippen LogP contribution >= 0.6 is 0 Å². The number of aromatic nitrogens is 1. The maximum Gasteiger partial charge on any atom is 0.263 e. The molecule has 0 spiro atoms. The van der Waals surface area contributed by atoms with E-state index in [2.05, 4.69) is 21.7 Å². The van der Waals surface area contributed by atoms with Gasteiger partial charge in [-0.2, -0.15) is 5.26 Å². The van der Waals surface area contributed by atoms with Crippen molar-refractivity contribution >= 4 is 16.8 Å². The van der Waals surface area contributed by atoms with E-state index in [4.69, 9.17) is 5.26 Å². The summed E-state index contributed by atoms with van der Waals surface area (Å²) < 4.78 is 0. The highest BCUT2D eigenvalue weighted by atomic mass is 16.1. The second-order valence-corrected chi connectivity index (χ2v) is 5.84. The van der Waals surface area contributed by atoms with Gasteiger partial charge >= 0.3 is 0 Å². The van der Waals surface area contributed by atoms with E-state index in [1.165, 1.54) is 17.1 Å². The van der Waals surface area contributed by atoms with Crippen molar-refractivity contribution in [1.29, 1.82) is 5.26 Å². The molecule has 1 amide bonds. The Balaban J connectivity index is 1.87. The van der Waals surface area contributed by atoms with Crippen molar-refractivity contribution in [3.8, 4) is 6.07 Å². The molecule has 120 valence electrons. The molecule has 0 saturated heterocycles. The molecule has 2 rings (SSSR count). The molecule has 2 aromatic rings. The normalized spacial score (nSPS) is 11.5. The van der Waals surface area contributed by atoms with Gasteiger partial charge in [0.25, 0.3) is 5.91 Å². The fraction of sp³-hybridized carbons (Fsp3) is 0.333. The zero-order valence-electron chi connectivity index (χ0n) is 13.5. The summed E-state index contributed by atoms with van der Waals surface area (Å²) in [5.41, 5.74) is 2.43. The van der Waals surface area contributed by atoms with Crippen molar-refractivity contribution in [2.24, 2.45) is 5.92 Å². The van der Waals surface area contributed by atoms with Crippen LogP contribution in [0.25, 0.3) is 10.9 Å². The van der Waals surface area contributed by atoms with Gasteiger partial charge in [-0.1, -0.05) is 32.0 Å². The Labute approximate surface area is 136 Å². The smallest absolute Gasteiger partial charge is 0.263 e. The molecule has 0 bridgehead atoms. The van der Waals surface area contributed by atoms with Crippen molar-refractivity contribution in [2.75, 3.05) is 13.1 Å². The highest BCUT2D eigenvalue weighted by Gasteiger charge is 2.08. The number of nitriles is 1. The van der Waals surface area contributed by atoms with E-state index < -0.39 is 0 Å². The SMILES string of the molecule is CC(C)CNC(=O)/C(C#N)=C\NCCc1c[nH]c2ccccc12. The Morgan fingerprint density at radius 2 is 2.17 bits per heavy atom. The summed E-state index contributed by atoms with van der Waals surface area (Å²) in [6.07, 6.45) is 4.30. The summed E-state index contributed by atoms with van der Waals surface area (Å²) in [4.78, 5) is 15.1. The Morgan fingerprint density at radius 1 is 1.39 bits per heavy atom. The highest BCUT2D eigenvalue weighted by Crippen LogP contribution is 2.17. The van der Waals surface area contributed by atoms with Gasteiger partial charge in [-0.15, -0.1) is 0 Å². The molecule has 5 heteroatoms. The lowest BCUT2D eigenvalue weighted by Crippen LogP contribution is -2.29. The summed E-state index contributed by atoms with van der Waals surface area (Å²) in [6, 6.07) is 10.1. The zero-order chi connectivity index (χ0) is 16.7. The predicted molar refractivity (Wildman–Crippen MR) is 91.5 cm³/mol. The van der Waals surface area contributed by atoms with Crippen molar-refractivity contribution in [3.63, 3.8) is 0 Å². The lowest BCUT2D eigenvalue weighted by Gasteiger charge is -2.07. The number of hydrogen-bond donors (Lipinski definition) is 3. The molecule has 1 heterocycles. The third kappa shape index (κ3) is 4.62. The number of para-hydroxylation sites is 1. The van der Waals surface area contributed by atoms with Crippen molar-refractivity contribution in [1.82, 2.24) is 15.6 Å². The van der Waals surface area contributed by atoms with Gasteiger partial charge in [0, 0.05) is 36.4 Å². The average molecular weight is 310 g/mol. The van der Waals surface area contributed by atoms with Gasteiger partial charge in [0.05, 0.1) is 0 Å². The van der Waals surface area contributed by atoms with Gasteiger partial charge in [-0.25, -0.2) is 0 Å². The van der Waals surface area contributed by atoms with E-state index in [0.717, 1.165) is 11.9 Å². The summed E-state index contributed by atoms with van der Waals surface area (Å²) in [5.74, 6) is 0.0227. The number of nitrogens with one attached hydrogen (secondary N) is 3. The molecule has 0 aliphatic carbocycles. The van der Waals surface area contributed by atoms with Gasteiger partial charge < -0.3 is 15.6 Å². The van der Waals surface area contributed by atoms with Gasteiger partial charge in [0.2, 0.25) is 0 Å². The van der Waals surface area contributed by atoms with Gasteiger partial charge in [-0.05, 0) is 24.0 Å². The van der Waals surface area contributed by atoms with Crippen LogP contribution in [-0.4, -0.2) is 24.0 Å². The minimum absolute atomic E-state index is 0.101. The fourth-order valence-electron chi connectivity index (χ4n) is 2.26. The Morgan fingerprint density at radius 3 is 2.91 bits per heavy atom. The largest absolute Gasteiger partial charge is 0.389 e. The first-order valence-corrected chi connectivity index (χ1v) is 7.78. The molecule has 0 radical (unpaired) electrons. The fourth-order valence-corrected chi connectivity index (χ4v) is 2.26. The minimum Gasteiger partial charge on any atom is -0.389 e. The van der Waals surface area contributed by atoms with Gasteiger partial charge in [0.1, 0.15) is 11.6 Å². The molecule has 0 aliphatic heterocycles. The van der Waals surface area contributed by atoms with E-state index in [1.54, 1.807) is 0 Å². The van der Waals surface area contributed by atoms with Crippen LogP contribution in [0.5, 0.6) is 0 Å². The second-order valence-electron chi connectivity index (χ2n) is 5.84. The first kappa shape index (κ1) is 16.6. The number of benzene rings is 1. The molecule has 0 atom stereocenters. The van der Waals surface area contributed by atoms with Crippen molar-refractivity contribution in [3.05, 3.63) is 47.8 Å². The number of carbonyl (C=O) groups excluding carboxylic acids is 1. The number of carbonyl (C=O) groups is 1. The van der Waals surface area contributed by atoms with E-state index in [0.29, 0.717) is 19.0 Å². The minimum atomic E-state index is -0.333. The molecular weight excluding hydrogens is 288 g/mol. The monoisotopic (exact) mass is 310 g/mol. The van der Waals surface area contributed by atoms with Crippen LogP contribution in [0.3, 0.4) is 0 Å². The molecule has 1 aromatic heterocycles. The number of amides is 1. The molecule has 23 heavy (non-hydrogen) atoms. The summed E-state index contributed by atoms with van der Waals surface area (Å²) >= 11 is 0. The van der Waals surface area contributed by atoms with Crippen LogP contribution in [0.15, 0.2) is 42.2 Å². The van der Waals surface area contributed by atoms with Crippen LogP contribution < -0.4 is 10.6 Å². The zero-order valence-corrected chi connectivity index (χ0v) is 13.5. The highest BCUT2D eigenvalue weighted by molar-refractivity contribution is 5.97. The Hall–Kier alpha value is -2.74. The van der Waals surface area contributed by atoms with Crippen LogP contribution in [0, 0.1) is 17.2 Å². The molecule has 5 nitrogen and oxygen atoms in total. The molecule has 0 aliphatic rings. The quantitative estimate of drug-likeness (QED) is 0.417. The van der Waals surface area contributed by atoms with Crippen LogP contribution in [0.2, 0.25) is 0 Å². The molecule has 0 unspecified atom stereocenters. The number of fused-ring (bicyclic) bond motifs is 1. The third-order valence-corrected chi connectivity index (χ3v) is 3.50. The summed E-state index contributed by atoms with van der Waals surface area (Å²) in [7, 11) is 0. The predicted octanol–water partition coefficient (Wildman–Crippen LogP) is 2.48. The van der Waals surface area contributed by atoms with E-state index in [9.17, 15) is 4.79 Å². The summed E-state index contributed by atoms with van der Waals surface area (Å²) in [5, 5.41) is 16.1. The number of H-pyrrole nitrogens is 1. The number of rotatable bonds is 7. The summed E-state index contributed by atoms with van der Waals surface area (Å²) in [6.45, 7) is 5.24. The molecular formula is C18H22N4O. The lowest BCUT2D eigenvalue weighted by molar-refractivity contribution is -0.117. The van der Waals surface area contributed by atoms with Crippen LogP contribution in [-0.2, 0) is 11.2 Å². The number of nitrogens with zero attached hydrogens (tertiary/aromatic N) is 1. The first-order valence-electron chi connectivity index (χ1n) is 7.78. The van der Waals surface area contributed by atoms with Crippen molar-refractivity contribution in [2.45, 2.75) is 20.3 Å². The van der Waals surface area contributed by atoms with Crippen molar-refractivity contribution < 1.29 is 4.79 Å². The first-order chi connectivity index (χ1) is 11.1. The molecule has 1 aromatic carbocycles. The maximum absolute atomic E-state index is 11.8. The standard InChI is InChI=1S/C18H22N4O/c1-13(2)10-22-18(23)15(9-19)11-20-8-7-14-12-21-17-6-4-3-5-16(14)17/h3-6,11-13,20-21H,7-8,10H2,1-2H3,(H,22,23)/b15-11-. The van der Waals surface area contributed by atoms with E-state index >= 15 is 0 Å². The third-order valence-electron chi connectivity index (χ3n) is 3.50.